The number of primary amides is 1. The fraction of sp³-hybridized carbons (Fsp3) is 0.400. The van der Waals surface area contributed by atoms with Crippen molar-refractivity contribution in [2.45, 2.75) is 25.8 Å². The maximum absolute atomic E-state index is 10.9. The number of rotatable bonds is 4. The van der Waals surface area contributed by atoms with Gasteiger partial charge >= 0.3 is 0 Å². The summed E-state index contributed by atoms with van der Waals surface area (Å²) in [5, 5.41) is 10.9. The Morgan fingerprint density at radius 1 is 1.59 bits per heavy atom. The van der Waals surface area contributed by atoms with Gasteiger partial charge < -0.3 is 11.1 Å². The molecule has 0 radical (unpaired) electrons. The largest absolute Gasteiger partial charge is 0.370 e. The second-order valence-corrected chi connectivity index (χ2v) is 4.49. The van der Waals surface area contributed by atoms with Gasteiger partial charge in [-0.05, 0) is 13.8 Å². The number of aromatic nitrogens is 4. The number of amides is 1. The number of hydrogen-bond donors (Lipinski definition) is 2. The molecule has 0 bridgehead atoms. The Balaban J connectivity index is 2.29. The van der Waals surface area contributed by atoms with Gasteiger partial charge in [0.05, 0.1) is 0 Å². The maximum Gasteiger partial charge on any atom is 0.219 e. The standard InChI is InChI=1S/C10H14N6O/c1-10(2,5-7(11)17)14-8-9-15-13-6-16(9)4-3-12-8/h3-4,6H,5H2,1-2H3,(H2,11,17)(H,12,14). The summed E-state index contributed by atoms with van der Waals surface area (Å²) < 4.78 is 1.75. The van der Waals surface area contributed by atoms with E-state index >= 15 is 0 Å². The van der Waals surface area contributed by atoms with E-state index in [0.29, 0.717) is 11.5 Å². The molecule has 0 atom stereocenters. The van der Waals surface area contributed by atoms with Crippen molar-refractivity contribution in [2.75, 3.05) is 5.32 Å². The fourth-order valence-electron chi connectivity index (χ4n) is 1.65. The fourth-order valence-corrected chi connectivity index (χ4v) is 1.65. The Kier molecular flexibility index (Phi) is 2.66. The number of anilines is 1. The first kappa shape index (κ1) is 11.3. The lowest BCUT2D eigenvalue weighted by atomic mass is 10.0. The SMILES string of the molecule is CC(C)(CC(N)=O)Nc1nccn2cnnc12. The third-order valence-electron chi connectivity index (χ3n) is 2.29. The molecule has 2 heterocycles. The number of hydrogen-bond acceptors (Lipinski definition) is 5. The van der Waals surface area contributed by atoms with Crippen molar-refractivity contribution in [1.82, 2.24) is 19.6 Å². The predicted molar refractivity (Wildman–Crippen MR) is 62.3 cm³/mol. The average molecular weight is 234 g/mol. The molecule has 0 aliphatic rings. The highest BCUT2D eigenvalue weighted by molar-refractivity contribution is 5.76. The van der Waals surface area contributed by atoms with E-state index in [1.165, 1.54) is 0 Å². The first-order valence-corrected chi connectivity index (χ1v) is 5.19. The van der Waals surface area contributed by atoms with Gasteiger partial charge in [0.15, 0.2) is 5.82 Å². The summed E-state index contributed by atoms with van der Waals surface area (Å²) in [7, 11) is 0. The molecule has 0 spiro atoms. The highest BCUT2D eigenvalue weighted by Crippen LogP contribution is 2.18. The van der Waals surface area contributed by atoms with Gasteiger partial charge in [0, 0.05) is 24.4 Å². The van der Waals surface area contributed by atoms with Crippen molar-refractivity contribution < 1.29 is 4.79 Å². The molecule has 0 unspecified atom stereocenters. The number of nitrogens with zero attached hydrogens (tertiary/aromatic N) is 4. The van der Waals surface area contributed by atoms with Crippen LogP contribution in [0.1, 0.15) is 20.3 Å². The van der Waals surface area contributed by atoms with Crippen LogP contribution in [-0.2, 0) is 4.79 Å². The van der Waals surface area contributed by atoms with Crippen molar-refractivity contribution in [3.63, 3.8) is 0 Å². The van der Waals surface area contributed by atoms with Crippen molar-refractivity contribution in [1.29, 1.82) is 0 Å². The van der Waals surface area contributed by atoms with Gasteiger partial charge in [-0.2, -0.15) is 0 Å². The van der Waals surface area contributed by atoms with Crippen LogP contribution >= 0.6 is 0 Å². The second-order valence-electron chi connectivity index (χ2n) is 4.49. The van der Waals surface area contributed by atoms with E-state index in [1.54, 1.807) is 23.1 Å². The molecule has 0 aliphatic heterocycles. The molecule has 1 amide bonds. The normalized spacial score (nSPS) is 11.6. The van der Waals surface area contributed by atoms with Crippen LogP contribution in [-0.4, -0.2) is 31.0 Å². The van der Waals surface area contributed by atoms with E-state index in [2.05, 4.69) is 20.5 Å². The number of carbonyl (C=O) groups excluding carboxylic acids is 1. The Hall–Kier alpha value is -2.18. The zero-order valence-corrected chi connectivity index (χ0v) is 9.71. The quantitative estimate of drug-likeness (QED) is 0.786. The Morgan fingerprint density at radius 3 is 3.06 bits per heavy atom. The summed E-state index contributed by atoms with van der Waals surface area (Å²) in [6.07, 6.45) is 5.19. The third kappa shape index (κ3) is 2.49. The molecule has 2 aromatic rings. The van der Waals surface area contributed by atoms with Crippen LogP contribution in [0.25, 0.3) is 5.65 Å². The highest BCUT2D eigenvalue weighted by Gasteiger charge is 2.22. The molecule has 0 aliphatic carbocycles. The molecule has 7 nitrogen and oxygen atoms in total. The molecule has 2 aromatic heterocycles. The van der Waals surface area contributed by atoms with E-state index in [1.807, 2.05) is 13.8 Å². The number of fused-ring (bicyclic) bond motifs is 1. The molecule has 0 aromatic carbocycles. The second kappa shape index (κ2) is 4.00. The van der Waals surface area contributed by atoms with Crippen molar-refractivity contribution in [3.05, 3.63) is 18.7 Å². The Labute approximate surface area is 98.1 Å². The molecule has 17 heavy (non-hydrogen) atoms. The van der Waals surface area contributed by atoms with Gasteiger partial charge in [0.2, 0.25) is 11.6 Å². The van der Waals surface area contributed by atoms with Crippen LogP contribution in [0.3, 0.4) is 0 Å². The number of nitrogens with two attached hydrogens (primary N) is 1. The molecule has 3 N–H and O–H groups in total. The van der Waals surface area contributed by atoms with Crippen LogP contribution < -0.4 is 11.1 Å². The van der Waals surface area contributed by atoms with Gasteiger partial charge in [0.1, 0.15) is 6.33 Å². The Morgan fingerprint density at radius 2 is 2.35 bits per heavy atom. The summed E-state index contributed by atoms with van der Waals surface area (Å²) in [6, 6.07) is 0. The van der Waals surface area contributed by atoms with Gasteiger partial charge in [-0.15, -0.1) is 10.2 Å². The molecule has 0 fully saturated rings. The first-order valence-electron chi connectivity index (χ1n) is 5.19. The minimum absolute atomic E-state index is 0.212. The van der Waals surface area contributed by atoms with E-state index in [0.717, 1.165) is 0 Å². The topological polar surface area (TPSA) is 98.2 Å². The lowest BCUT2D eigenvalue weighted by Gasteiger charge is -2.25. The lowest BCUT2D eigenvalue weighted by molar-refractivity contribution is -0.118. The van der Waals surface area contributed by atoms with E-state index in [4.69, 9.17) is 5.73 Å². The molecular weight excluding hydrogens is 220 g/mol. The maximum atomic E-state index is 10.9. The smallest absolute Gasteiger partial charge is 0.219 e. The van der Waals surface area contributed by atoms with E-state index in [-0.39, 0.29) is 12.3 Å². The molecule has 7 heteroatoms. The van der Waals surface area contributed by atoms with Crippen molar-refractivity contribution in [3.8, 4) is 0 Å². The van der Waals surface area contributed by atoms with E-state index < -0.39 is 5.54 Å². The van der Waals surface area contributed by atoms with Crippen LogP contribution in [0.4, 0.5) is 5.82 Å². The van der Waals surface area contributed by atoms with Crippen LogP contribution in [0.2, 0.25) is 0 Å². The molecule has 0 saturated heterocycles. The van der Waals surface area contributed by atoms with E-state index in [9.17, 15) is 4.79 Å². The van der Waals surface area contributed by atoms with Gasteiger partial charge in [-0.3, -0.25) is 9.20 Å². The predicted octanol–water partition coefficient (Wildman–Crippen LogP) is 0.190. The molecular formula is C10H14N6O. The molecule has 2 rings (SSSR count). The average Bonchev–Trinajstić information content (AvgIpc) is 2.63. The minimum atomic E-state index is -0.480. The number of nitrogens with one attached hydrogen (secondary N) is 1. The molecule has 0 saturated carbocycles. The number of carbonyl (C=O) groups is 1. The van der Waals surface area contributed by atoms with Crippen LogP contribution in [0.5, 0.6) is 0 Å². The summed E-state index contributed by atoms with van der Waals surface area (Å²) in [5.41, 5.74) is 5.33. The first-order chi connectivity index (χ1) is 7.98. The van der Waals surface area contributed by atoms with Crippen molar-refractivity contribution in [2.24, 2.45) is 5.73 Å². The van der Waals surface area contributed by atoms with Gasteiger partial charge in [-0.1, -0.05) is 0 Å². The van der Waals surface area contributed by atoms with Crippen molar-refractivity contribution >= 4 is 17.4 Å². The zero-order chi connectivity index (χ0) is 12.5. The van der Waals surface area contributed by atoms with Crippen LogP contribution in [0.15, 0.2) is 18.7 Å². The summed E-state index contributed by atoms with van der Waals surface area (Å²) in [5.74, 6) is 0.215. The van der Waals surface area contributed by atoms with Gasteiger partial charge in [-0.25, -0.2) is 4.98 Å². The summed E-state index contributed by atoms with van der Waals surface area (Å²) in [4.78, 5) is 15.1. The summed E-state index contributed by atoms with van der Waals surface area (Å²) >= 11 is 0. The Bertz CT molecular complexity index is 546. The zero-order valence-electron chi connectivity index (χ0n) is 9.71. The molecule has 90 valence electrons. The lowest BCUT2D eigenvalue weighted by Crippen LogP contribution is -2.36. The van der Waals surface area contributed by atoms with Crippen LogP contribution in [0, 0.1) is 0 Å². The summed E-state index contributed by atoms with van der Waals surface area (Å²) in [6.45, 7) is 3.75. The minimum Gasteiger partial charge on any atom is -0.370 e. The highest BCUT2D eigenvalue weighted by atomic mass is 16.1. The monoisotopic (exact) mass is 234 g/mol. The third-order valence-corrected chi connectivity index (χ3v) is 2.29. The van der Waals surface area contributed by atoms with Gasteiger partial charge in [0.25, 0.3) is 0 Å².